The second-order valence-corrected chi connectivity index (χ2v) is 3.80. The third-order valence-corrected chi connectivity index (χ3v) is 2.84. The summed E-state index contributed by atoms with van der Waals surface area (Å²) in [7, 11) is 0. The molecule has 72 valence electrons. The number of imidazole rings is 1. The first-order chi connectivity index (χ1) is 6.83. The number of hydrogen-bond acceptors (Lipinski definition) is 3. The maximum absolute atomic E-state index is 11.9. The summed E-state index contributed by atoms with van der Waals surface area (Å²) in [6.45, 7) is 1.99. The average molecular weight is 206 g/mol. The van der Waals surface area contributed by atoms with E-state index in [4.69, 9.17) is 0 Å². The van der Waals surface area contributed by atoms with Gasteiger partial charge in [0, 0.05) is 18.8 Å². The van der Waals surface area contributed by atoms with Crippen molar-refractivity contribution in [2.45, 2.75) is 13.3 Å². The smallest absolute Gasteiger partial charge is 0.269 e. The molecule has 2 rings (SSSR count). The Morgan fingerprint density at radius 1 is 1.64 bits per heavy atom. The van der Waals surface area contributed by atoms with Crippen LogP contribution in [-0.4, -0.2) is 15.5 Å². The van der Waals surface area contributed by atoms with Crippen LogP contribution in [0.25, 0.3) is 0 Å². The van der Waals surface area contributed by atoms with Crippen molar-refractivity contribution in [3.8, 4) is 0 Å². The molecule has 0 aliphatic heterocycles. The van der Waals surface area contributed by atoms with Gasteiger partial charge >= 0.3 is 0 Å². The zero-order chi connectivity index (χ0) is 9.97. The Labute approximate surface area is 86.0 Å². The Hall–Kier alpha value is -1.42. The normalized spacial score (nSPS) is 10.4. The average Bonchev–Trinajstić information content (AvgIpc) is 2.87. The Morgan fingerprint density at radius 3 is 3.14 bits per heavy atom. The molecule has 0 unspecified atom stereocenters. The summed E-state index contributed by atoms with van der Waals surface area (Å²) < 4.78 is 1.60. The maximum Gasteiger partial charge on any atom is 0.273 e. The fourth-order valence-electron chi connectivity index (χ4n) is 1.30. The van der Waals surface area contributed by atoms with E-state index in [2.05, 4.69) is 4.98 Å². The minimum Gasteiger partial charge on any atom is -0.269 e. The predicted octanol–water partition coefficient (Wildman–Crippen LogP) is 2.20. The van der Waals surface area contributed by atoms with Crippen molar-refractivity contribution in [1.29, 1.82) is 0 Å². The van der Waals surface area contributed by atoms with Crippen LogP contribution < -0.4 is 0 Å². The number of nitrogens with zero attached hydrogens (tertiary/aromatic N) is 2. The van der Waals surface area contributed by atoms with Gasteiger partial charge in [0.15, 0.2) is 0 Å². The zero-order valence-electron chi connectivity index (χ0n) is 7.80. The fraction of sp³-hybridized carbons (Fsp3) is 0.200. The monoisotopic (exact) mass is 206 g/mol. The lowest BCUT2D eigenvalue weighted by atomic mass is 10.4. The number of hydrogen-bond donors (Lipinski definition) is 0. The molecule has 0 aromatic carbocycles. The molecule has 0 saturated heterocycles. The summed E-state index contributed by atoms with van der Waals surface area (Å²) >= 11 is 1.45. The number of rotatable bonds is 2. The van der Waals surface area contributed by atoms with Crippen LogP contribution in [0.5, 0.6) is 0 Å². The van der Waals surface area contributed by atoms with Crippen LogP contribution >= 0.6 is 11.3 Å². The van der Waals surface area contributed by atoms with Crippen LogP contribution in [0.2, 0.25) is 0 Å². The Kier molecular flexibility index (Phi) is 2.45. The van der Waals surface area contributed by atoms with Gasteiger partial charge in [0.1, 0.15) is 5.82 Å². The van der Waals surface area contributed by atoms with Crippen LogP contribution in [0.1, 0.15) is 22.4 Å². The molecule has 0 fully saturated rings. The second-order valence-electron chi connectivity index (χ2n) is 2.85. The molecule has 0 bridgehead atoms. The van der Waals surface area contributed by atoms with Gasteiger partial charge in [-0.05, 0) is 11.4 Å². The molecule has 0 atom stereocenters. The van der Waals surface area contributed by atoms with Crippen LogP contribution in [0, 0.1) is 0 Å². The van der Waals surface area contributed by atoms with Gasteiger partial charge in [0.05, 0.1) is 4.88 Å². The van der Waals surface area contributed by atoms with Crippen molar-refractivity contribution in [3.63, 3.8) is 0 Å². The molecular formula is C10H10N2OS. The first-order valence-electron chi connectivity index (χ1n) is 4.43. The largest absolute Gasteiger partial charge is 0.273 e. The fourth-order valence-corrected chi connectivity index (χ4v) is 1.96. The lowest BCUT2D eigenvalue weighted by Gasteiger charge is -2.01. The van der Waals surface area contributed by atoms with Gasteiger partial charge in [-0.1, -0.05) is 13.0 Å². The van der Waals surface area contributed by atoms with Gasteiger partial charge in [-0.15, -0.1) is 11.3 Å². The summed E-state index contributed by atoms with van der Waals surface area (Å²) in [5, 5.41) is 1.90. The third kappa shape index (κ3) is 1.48. The lowest BCUT2D eigenvalue weighted by Crippen LogP contribution is -2.12. The number of thiophene rings is 1. The van der Waals surface area contributed by atoms with Gasteiger partial charge in [0.2, 0.25) is 0 Å². The molecule has 0 saturated carbocycles. The molecule has 2 aromatic rings. The Morgan fingerprint density at radius 2 is 2.50 bits per heavy atom. The van der Waals surface area contributed by atoms with Gasteiger partial charge in [0.25, 0.3) is 5.91 Å². The van der Waals surface area contributed by atoms with E-state index in [0.717, 1.165) is 17.1 Å². The van der Waals surface area contributed by atoms with Crippen LogP contribution in [0.3, 0.4) is 0 Å². The van der Waals surface area contributed by atoms with Gasteiger partial charge in [-0.25, -0.2) is 4.98 Å². The third-order valence-electron chi connectivity index (χ3n) is 1.98. The highest BCUT2D eigenvalue weighted by atomic mass is 32.1. The van der Waals surface area contributed by atoms with Crippen LogP contribution in [0.15, 0.2) is 29.9 Å². The molecule has 2 heterocycles. The van der Waals surface area contributed by atoms with Gasteiger partial charge < -0.3 is 0 Å². The highest BCUT2D eigenvalue weighted by Crippen LogP contribution is 2.12. The van der Waals surface area contributed by atoms with Gasteiger partial charge in [-0.3, -0.25) is 9.36 Å². The van der Waals surface area contributed by atoms with Crippen LogP contribution in [-0.2, 0) is 6.42 Å². The SMILES string of the molecule is CCc1nccn1C(=O)c1cccs1. The number of carbonyl (C=O) groups excluding carboxylic acids is 1. The summed E-state index contributed by atoms with van der Waals surface area (Å²) in [5.74, 6) is 0.817. The van der Waals surface area contributed by atoms with Crippen molar-refractivity contribution >= 4 is 17.2 Å². The van der Waals surface area contributed by atoms with Crippen LogP contribution in [0.4, 0.5) is 0 Å². The first-order valence-corrected chi connectivity index (χ1v) is 5.31. The molecule has 0 aliphatic rings. The molecule has 14 heavy (non-hydrogen) atoms. The topological polar surface area (TPSA) is 34.9 Å². The molecule has 0 aliphatic carbocycles. The molecule has 0 amide bonds. The summed E-state index contributed by atoms with van der Waals surface area (Å²) in [6.07, 6.45) is 4.13. The van der Waals surface area contributed by atoms with E-state index < -0.39 is 0 Å². The molecular weight excluding hydrogens is 196 g/mol. The van der Waals surface area contributed by atoms with Crippen molar-refractivity contribution in [2.24, 2.45) is 0 Å². The molecule has 0 radical (unpaired) electrons. The van der Waals surface area contributed by atoms with E-state index in [-0.39, 0.29) is 5.91 Å². The quantitative estimate of drug-likeness (QED) is 0.755. The second kappa shape index (κ2) is 3.75. The standard InChI is InChI=1S/C10H10N2OS/c1-2-9-11-5-6-12(9)10(13)8-4-3-7-14-8/h3-7H,2H2,1H3. The zero-order valence-corrected chi connectivity index (χ0v) is 8.62. The van der Waals surface area contributed by atoms with Crippen molar-refractivity contribution < 1.29 is 4.79 Å². The van der Waals surface area contributed by atoms with E-state index in [1.165, 1.54) is 11.3 Å². The van der Waals surface area contributed by atoms with Crippen molar-refractivity contribution in [1.82, 2.24) is 9.55 Å². The number of carbonyl (C=O) groups is 1. The van der Waals surface area contributed by atoms with Crippen molar-refractivity contribution in [3.05, 3.63) is 40.6 Å². The molecule has 0 N–H and O–H groups in total. The van der Waals surface area contributed by atoms with Crippen molar-refractivity contribution in [2.75, 3.05) is 0 Å². The minimum absolute atomic E-state index is 0.00866. The van der Waals surface area contributed by atoms with E-state index in [1.54, 1.807) is 17.0 Å². The molecule has 2 aromatic heterocycles. The molecule has 3 nitrogen and oxygen atoms in total. The van der Waals surface area contributed by atoms with E-state index >= 15 is 0 Å². The van der Waals surface area contributed by atoms with Gasteiger partial charge in [-0.2, -0.15) is 0 Å². The lowest BCUT2D eigenvalue weighted by molar-refractivity contribution is 0.0961. The molecule has 0 spiro atoms. The summed E-state index contributed by atoms with van der Waals surface area (Å²) in [4.78, 5) is 16.7. The van der Waals surface area contributed by atoms with E-state index in [0.29, 0.717) is 0 Å². The minimum atomic E-state index is 0.00866. The number of aryl methyl sites for hydroxylation is 1. The predicted molar refractivity (Wildman–Crippen MR) is 55.7 cm³/mol. The number of aromatic nitrogens is 2. The maximum atomic E-state index is 11.9. The van der Waals surface area contributed by atoms with E-state index in [9.17, 15) is 4.79 Å². The van der Waals surface area contributed by atoms with E-state index in [1.807, 2.05) is 24.4 Å². The Balaban J connectivity index is 2.36. The first kappa shape index (κ1) is 9.15. The highest BCUT2D eigenvalue weighted by molar-refractivity contribution is 7.12. The Bertz CT molecular complexity index is 431. The summed E-state index contributed by atoms with van der Waals surface area (Å²) in [5.41, 5.74) is 0. The highest BCUT2D eigenvalue weighted by Gasteiger charge is 2.11. The summed E-state index contributed by atoms with van der Waals surface area (Å²) in [6, 6.07) is 3.70. The molecule has 4 heteroatoms.